The Morgan fingerprint density at radius 1 is 1.05 bits per heavy atom. The van der Waals surface area contributed by atoms with Crippen molar-refractivity contribution in [2.45, 2.75) is 76.3 Å². The number of nitrogens with one attached hydrogen (secondary N) is 1. The summed E-state index contributed by atoms with van der Waals surface area (Å²) in [6, 6.07) is 0.952. The van der Waals surface area contributed by atoms with Gasteiger partial charge in [0, 0.05) is 25.2 Å². The SMILES string of the molecule is NCC1(C(=O)NC2CCN3CCCCC23)CCCCCC1. The Hall–Kier alpha value is -0.610. The summed E-state index contributed by atoms with van der Waals surface area (Å²) in [5.41, 5.74) is 5.76. The summed E-state index contributed by atoms with van der Waals surface area (Å²) in [6.07, 6.45) is 11.8. The van der Waals surface area contributed by atoms with Gasteiger partial charge in [-0.25, -0.2) is 0 Å². The average Bonchev–Trinajstić information content (AvgIpc) is 2.76. The molecule has 1 saturated carbocycles. The second-order valence-corrected chi connectivity index (χ2v) is 7.37. The lowest BCUT2D eigenvalue weighted by Crippen LogP contribution is -2.53. The van der Waals surface area contributed by atoms with Gasteiger partial charge in [-0.3, -0.25) is 9.69 Å². The van der Waals surface area contributed by atoms with Crippen LogP contribution in [-0.2, 0) is 4.79 Å². The van der Waals surface area contributed by atoms with Crippen LogP contribution in [0, 0.1) is 5.41 Å². The van der Waals surface area contributed by atoms with E-state index in [4.69, 9.17) is 5.73 Å². The van der Waals surface area contributed by atoms with Crippen molar-refractivity contribution in [3.8, 4) is 0 Å². The van der Waals surface area contributed by atoms with Gasteiger partial charge in [0.1, 0.15) is 0 Å². The summed E-state index contributed by atoms with van der Waals surface area (Å²) in [7, 11) is 0. The average molecular weight is 293 g/mol. The molecule has 0 bridgehead atoms. The van der Waals surface area contributed by atoms with E-state index >= 15 is 0 Å². The van der Waals surface area contributed by atoms with Gasteiger partial charge in [0.05, 0.1) is 5.41 Å². The number of piperidine rings is 1. The minimum Gasteiger partial charge on any atom is -0.351 e. The maximum atomic E-state index is 12.9. The Bertz CT molecular complexity index is 363. The summed E-state index contributed by atoms with van der Waals surface area (Å²) in [4.78, 5) is 15.5. The topological polar surface area (TPSA) is 58.4 Å². The summed E-state index contributed by atoms with van der Waals surface area (Å²) in [6.45, 7) is 2.89. The molecular weight excluding hydrogens is 262 g/mol. The van der Waals surface area contributed by atoms with Crippen LogP contribution in [0.5, 0.6) is 0 Å². The molecule has 0 aromatic heterocycles. The van der Waals surface area contributed by atoms with Crippen LogP contribution in [-0.4, -0.2) is 42.5 Å². The lowest BCUT2D eigenvalue weighted by atomic mass is 9.79. The normalized spacial score (nSPS) is 33.2. The van der Waals surface area contributed by atoms with E-state index in [2.05, 4.69) is 10.2 Å². The van der Waals surface area contributed by atoms with E-state index in [9.17, 15) is 4.79 Å². The third-order valence-electron chi connectivity index (χ3n) is 6.11. The Morgan fingerprint density at radius 2 is 1.81 bits per heavy atom. The molecule has 1 amide bonds. The third kappa shape index (κ3) is 3.11. The standard InChI is InChI=1S/C17H31N3O/c18-13-17(9-4-1-2-5-10-17)16(21)19-14-8-12-20-11-6-3-7-15(14)20/h14-15H,1-13,18H2,(H,19,21). The second kappa shape index (κ2) is 6.66. The molecule has 21 heavy (non-hydrogen) atoms. The quantitative estimate of drug-likeness (QED) is 0.783. The molecule has 3 N–H and O–H groups in total. The van der Waals surface area contributed by atoms with Crippen LogP contribution in [0.4, 0.5) is 0 Å². The first-order chi connectivity index (χ1) is 10.2. The van der Waals surface area contributed by atoms with Crippen LogP contribution in [0.3, 0.4) is 0 Å². The van der Waals surface area contributed by atoms with E-state index in [1.807, 2.05) is 0 Å². The number of rotatable bonds is 3. The van der Waals surface area contributed by atoms with Crippen molar-refractivity contribution < 1.29 is 4.79 Å². The highest BCUT2D eigenvalue weighted by Gasteiger charge is 2.42. The van der Waals surface area contributed by atoms with Crippen molar-refractivity contribution >= 4 is 5.91 Å². The molecule has 3 rings (SSSR count). The van der Waals surface area contributed by atoms with Gasteiger partial charge in [0.2, 0.25) is 5.91 Å². The van der Waals surface area contributed by atoms with Crippen LogP contribution in [0.15, 0.2) is 0 Å². The first-order valence-corrected chi connectivity index (χ1v) is 9.00. The molecule has 0 aromatic rings. The zero-order valence-electron chi connectivity index (χ0n) is 13.3. The number of carbonyl (C=O) groups is 1. The minimum atomic E-state index is -0.279. The third-order valence-corrected chi connectivity index (χ3v) is 6.11. The molecule has 0 spiro atoms. The van der Waals surface area contributed by atoms with E-state index in [-0.39, 0.29) is 11.3 Å². The molecule has 4 heteroatoms. The molecule has 2 saturated heterocycles. The van der Waals surface area contributed by atoms with Crippen LogP contribution >= 0.6 is 0 Å². The van der Waals surface area contributed by atoms with Gasteiger partial charge >= 0.3 is 0 Å². The Kier molecular flexibility index (Phi) is 4.85. The van der Waals surface area contributed by atoms with Crippen molar-refractivity contribution in [3.05, 3.63) is 0 Å². The van der Waals surface area contributed by atoms with Gasteiger partial charge < -0.3 is 11.1 Å². The highest BCUT2D eigenvalue weighted by molar-refractivity contribution is 5.83. The number of fused-ring (bicyclic) bond motifs is 1. The lowest BCUT2D eigenvalue weighted by Gasteiger charge is -2.35. The maximum absolute atomic E-state index is 12.9. The number of amides is 1. The summed E-state index contributed by atoms with van der Waals surface area (Å²) in [5.74, 6) is 0.254. The lowest BCUT2D eigenvalue weighted by molar-refractivity contribution is -0.132. The van der Waals surface area contributed by atoms with Crippen LogP contribution < -0.4 is 11.1 Å². The molecule has 2 unspecified atom stereocenters. The van der Waals surface area contributed by atoms with E-state index in [0.717, 1.165) is 38.6 Å². The molecule has 1 aliphatic carbocycles. The van der Waals surface area contributed by atoms with Crippen LogP contribution in [0.2, 0.25) is 0 Å². The Morgan fingerprint density at radius 3 is 2.52 bits per heavy atom. The number of carbonyl (C=O) groups excluding carboxylic acids is 1. The minimum absolute atomic E-state index is 0.254. The predicted molar refractivity (Wildman–Crippen MR) is 84.9 cm³/mol. The molecule has 0 radical (unpaired) electrons. The van der Waals surface area contributed by atoms with Gasteiger partial charge in [-0.05, 0) is 38.6 Å². The van der Waals surface area contributed by atoms with Gasteiger partial charge in [-0.2, -0.15) is 0 Å². The first kappa shape index (κ1) is 15.3. The van der Waals surface area contributed by atoms with Gasteiger partial charge in [0.25, 0.3) is 0 Å². The Labute approximate surface area is 128 Å². The number of nitrogens with zero attached hydrogens (tertiary/aromatic N) is 1. The second-order valence-electron chi connectivity index (χ2n) is 7.37. The molecule has 120 valence electrons. The monoisotopic (exact) mass is 293 g/mol. The molecule has 0 aromatic carbocycles. The molecule has 2 atom stereocenters. The van der Waals surface area contributed by atoms with Crippen molar-refractivity contribution in [2.75, 3.05) is 19.6 Å². The van der Waals surface area contributed by atoms with E-state index in [1.165, 1.54) is 38.6 Å². The Balaban J connectivity index is 1.64. The maximum Gasteiger partial charge on any atom is 0.227 e. The number of nitrogens with two attached hydrogens (primary N) is 1. The molecular formula is C17H31N3O. The molecule has 2 heterocycles. The molecule has 3 fully saturated rings. The largest absolute Gasteiger partial charge is 0.351 e. The molecule has 2 aliphatic heterocycles. The van der Waals surface area contributed by atoms with Gasteiger partial charge in [0.15, 0.2) is 0 Å². The number of hydrogen-bond acceptors (Lipinski definition) is 3. The fraction of sp³-hybridized carbons (Fsp3) is 0.941. The highest BCUT2D eigenvalue weighted by Crippen LogP contribution is 2.35. The van der Waals surface area contributed by atoms with Crippen molar-refractivity contribution in [3.63, 3.8) is 0 Å². The zero-order chi connectivity index (χ0) is 14.7. The summed E-state index contributed by atoms with van der Waals surface area (Å²) < 4.78 is 0. The first-order valence-electron chi connectivity index (χ1n) is 9.00. The van der Waals surface area contributed by atoms with Crippen molar-refractivity contribution in [2.24, 2.45) is 11.1 Å². The smallest absolute Gasteiger partial charge is 0.227 e. The van der Waals surface area contributed by atoms with Crippen LogP contribution in [0.1, 0.15) is 64.2 Å². The highest BCUT2D eigenvalue weighted by atomic mass is 16.2. The fourth-order valence-electron chi connectivity index (χ4n) is 4.67. The van der Waals surface area contributed by atoms with Gasteiger partial charge in [-0.1, -0.05) is 32.1 Å². The molecule has 3 aliphatic rings. The molecule has 4 nitrogen and oxygen atoms in total. The summed E-state index contributed by atoms with van der Waals surface area (Å²) in [5, 5.41) is 3.41. The van der Waals surface area contributed by atoms with Crippen LogP contribution in [0.25, 0.3) is 0 Å². The van der Waals surface area contributed by atoms with Crippen molar-refractivity contribution in [1.29, 1.82) is 0 Å². The number of hydrogen-bond donors (Lipinski definition) is 2. The predicted octanol–water partition coefficient (Wildman–Crippen LogP) is 2.03. The van der Waals surface area contributed by atoms with E-state index in [1.54, 1.807) is 0 Å². The summed E-state index contributed by atoms with van der Waals surface area (Å²) >= 11 is 0. The van der Waals surface area contributed by atoms with Gasteiger partial charge in [-0.15, -0.1) is 0 Å². The fourth-order valence-corrected chi connectivity index (χ4v) is 4.67. The zero-order valence-corrected chi connectivity index (χ0v) is 13.3. The van der Waals surface area contributed by atoms with Crippen molar-refractivity contribution in [1.82, 2.24) is 10.2 Å². The van der Waals surface area contributed by atoms with E-state index in [0.29, 0.717) is 18.6 Å². The van der Waals surface area contributed by atoms with E-state index < -0.39 is 0 Å².